The Labute approximate surface area is 148 Å². The van der Waals surface area contributed by atoms with E-state index in [2.05, 4.69) is 10.0 Å². The van der Waals surface area contributed by atoms with Gasteiger partial charge in [0.25, 0.3) is 15.9 Å². The van der Waals surface area contributed by atoms with Crippen molar-refractivity contribution < 1.29 is 13.2 Å². The van der Waals surface area contributed by atoms with Gasteiger partial charge in [-0.05, 0) is 48.9 Å². The van der Waals surface area contributed by atoms with Gasteiger partial charge in [0, 0.05) is 37.6 Å². The predicted molar refractivity (Wildman–Crippen MR) is 101 cm³/mol. The number of rotatable bonds is 7. The summed E-state index contributed by atoms with van der Waals surface area (Å²) in [5.41, 5.74) is 1.75. The lowest BCUT2D eigenvalue weighted by Crippen LogP contribution is -2.24. The van der Waals surface area contributed by atoms with Crippen LogP contribution in [-0.4, -0.2) is 35.0 Å². The number of anilines is 2. The number of nitrogens with zero attached hydrogens (tertiary/aromatic N) is 1. The van der Waals surface area contributed by atoms with Gasteiger partial charge in [-0.3, -0.25) is 9.52 Å². The van der Waals surface area contributed by atoms with E-state index >= 15 is 0 Å². The minimum absolute atomic E-state index is 0.0494. The average Bonchev–Trinajstić information content (AvgIpc) is 2.60. The normalized spacial score (nSPS) is 11.0. The lowest BCUT2D eigenvalue weighted by molar-refractivity contribution is 0.0953. The minimum atomic E-state index is -3.77. The van der Waals surface area contributed by atoms with Crippen molar-refractivity contribution in [3.63, 3.8) is 0 Å². The maximum atomic E-state index is 12.6. The number of sulfonamides is 1. The van der Waals surface area contributed by atoms with Crippen LogP contribution in [0.5, 0.6) is 0 Å². The lowest BCUT2D eigenvalue weighted by atomic mass is 10.2. The molecule has 6 nitrogen and oxygen atoms in total. The van der Waals surface area contributed by atoms with Gasteiger partial charge < -0.3 is 10.2 Å². The summed E-state index contributed by atoms with van der Waals surface area (Å²) in [5.74, 6) is -0.283. The quantitative estimate of drug-likeness (QED) is 0.795. The molecule has 7 heteroatoms. The Balaban J connectivity index is 2.20. The molecule has 0 unspecified atom stereocenters. The van der Waals surface area contributed by atoms with E-state index in [1.165, 1.54) is 12.1 Å². The Bertz CT molecular complexity index is 831. The van der Waals surface area contributed by atoms with Crippen LogP contribution in [0.1, 0.15) is 23.7 Å². The van der Waals surface area contributed by atoms with Crippen LogP contribution in [0, 0.1) is 0 Å². The fourth-order valence-electron chi connectivity index (χ4n) is 2.19. The van der Waals surface area contributed by atoms with Gasteiger partial charge in [-0.2, -0.15) is 0 Å². The molecule has 0 saturated heterocycles. The average molecular weight is 361 g/mol. The summed E-state index contributed by atoms with van der Waals surface area (Å²) in [6, 6.07) is 13.0. The maximum absolute atomic E-state index is 12.6. The second-order valence-corrected chi connectivity index (χ2v) is 7.51. The molecular weight excluding hydrogens is 338 g/mol. The van der Waals surface area contributed by atoms with E-state index in [9.17, 15) is 13.2 Å². The van der Waals surface area contributed by atoms with Crippen LogP contribution in [0.4, 0.5) is 11.4 Å². The van der Waals surface area contributed by atoms with Crippen molar-refractivity contribution in [1.29, 1.82) is 0 Å². The Morgan fingerprint density at radius 2 is 1.76 bits per heavy atom. The molecule has 0 fully saturated rings. The number of amides is 1. The van der Waals surface area contributed by atoms with Crippen LogP contribution in [0.3, 0.4) is 0 Å². The second-order valence-electron chi connectivity index (χ2n) is 5.83. The summed E-state index contributed by atoms with van der Waals surface area (Å²) in [7, 11) is 0.0554. The molecule has 0 saturated carbocycles. The van der Waals surface area contributed by atoms with E-state index in [0.717, 1.165) is 12.1 Å². The van der Waals surface area contributed by atoms with Gasteiger partial charge in [0.05, 0.1) is 4.90 Å². The first-order chi connectivity index (χ1) is 11.8. The fourth-order valence-corrected chi connectivity index (χ4v) is 3.29. The van der Waals surface area contributed by atoms with Crippen LogP contribution in [0.25, 0.3) is 0 Å². The van der Waals surface area contributed by atoms with Gasteiger partial charge >= 0.3 is 0 Å². The van der Waals surface area contributed by atoms with Crippen molar-refractivity contribution in [2.75, 3.05) is 30.3 Å². The van der Waals surface area contributed by atoms with Crippen molar-refractivity contribution in [3.8, 4) is 0 Å². The molecule has 0 aliphatic rings. The van der Waals surface area contributed by atoms with Gasteiger partial charge in [-0.25, -0.2) is 8.42 Å². The highest BCUT2D eigenvalue weighted by Crippen LogP contribution is 2.20. The molecule has 25 heavy (non-hydrogen) atoms. The molecule has 0 bridgehead atoms. The molecule has 2 aromatic carbocycles. The van der Waals surface area contributed by atoms with Gasteiger partial charge in [0.1, 0.15) is 0 Å². The Morgan fingerprint density at radius 3 is 2.36 bits per heavy atom. The van der Waals surface area contributed by atoms with Crippen molar-refractivity contribution in [3.05, 3.63) is 54.1 Å². The SMILES string of the molecule is CCCNC(=O)c1cccc(S(=O)(=O)Nc2ccc(N(C)C)cc2)c1. The summed E-state index contributed by atoms with van der Waals surface area (Å²) < 4.78 is 27.6. The molecule has 2 N–H and O–H groups in total. The molecule has 0 spiro atoms. The van der Waals surface area contributed by atoms with Gasteiger partial charge in [-0.1, -0.05) is 13.0 Å². The largest absolute Gasteiger partial charge is 0.378 e. The summed E-state index contributed by atoms with van der Waals surface area (Å²) in [4.78, 5) is 14.0. The molecule has 134 valence electrons. The van der Waals surface area contributed by atoms with Crippen LogP contribution >= 0.6 is 0 Å². The van der Waals surface area contributed by atoms with E-state index in [1.54, 1.807) is 24.3 Å². The first-order valence-electron chi connectivity index (χ1n) is 8.02. The molecule has 0 aliphatic heterocycles. The molecule has 1 amide bonds. The third-order valence-corrected chi connectivity index (χ3v) is 4.96. The number of carbonyl (C=O) groups is 1. The summed E-state index contributed by atoms with van der Waals surface area (Å²) in [6.45, 7) is 2.50. The number of nitrogens with one attached hydrogen (secondary N) is 2. The first-order valence-corrected chi connectivity index (χ1v) is 9.50. The topological polar surface area (TPSA) is 78.5 Å². The maximum Gasteiger partial charge on any atom is 0.261 e. The summed E-state index contributed by atoms with van der Waals surface area (Å²) >= 11 is 0. The van der Waals surface area contributed by atoms with E-state index in [0.29, 0.717) is 17.8 Å². The van der Waals surface area contributed by atoms with Crippen LogP contribution < -0.4 is 14.9 Å². The smallest absolute Gasteiger partial charge is 0.261 e. The zero-order valence-electron chi connectivity index (χ0n) is 14.6. The number of carbonyl (C=O) groups excluding carboxylic acids is 1. The number of benzene rings is 2. The molecule has 0 aromatic heterocycles. The Hall–Kier alpha value is -2.54. The molecule has 0 atom stereocenters. The highest BCUT2D eigenvalue weighted by molar-refractivity contribution is 7.92. The zero-order chi connectivity index (χ0) is 18.4. The van der Waals surface area contributed by atoms with Crippen molar-refractivity contribution in [2.24, 2.45) is 0 Å². The van der Waals surface area contributed by atoms with Crippen molar-refractivity contribution >= 4 is 27.3 Å². The van der Waals surface area contributed by atoms with Crippen LogP contribution in [0.2, 0.25) is 0 Å². The summed E-state index contributed by atoms with van der Waals surface area (Å²) in [5, 5.41) is 2.73. The van der Waals surface area contributed by atoms with Crippen LogP contribution in [0.15, 0.2) is 53.4 Å². The highest BCUT2D eigenvalue weighted by Gasteiger charge is 2.16. The van der Waals surface area contributed by atoms with E-state index in [-0.39, 0.29) is 10.8 Å². The summed E-state index contributed by atoms with van der Waals surface area (Å²) in [6.07, 6.45) is 0.814. The Kier molecular flexibility index (Phi) is 6.03. The number of hydrogen-bond acceptors (Lipinski definition) is 4. The lowest BCUT2D eigenvalue weighted by Gasteiger charge is -2.14. The third-order valence-electron chi connectivity index (χ3n) is 3.58. The second kappa shape index (κ2) is 8.02. The van der Waals surface area contributed by atoms with E-state index in [4.69, 9.17) is 0 Å². The van der Waals surface area contributed by atoms with Crippen LogP contribution in [-0.2, 0) is 10.0 Å². The Morgan fingerprint density at radius 1 is 1.08 bits per heavy atom. The fraction of sp³-hybridized carbons (Fsp3) is 0.278. The standard InChI is InChI=1S/C18H23N3O3S/c1-4-12-19-18(22)14-6-5-7-17(13-14)25(23,24)20-15-8-10-16(11-9-15)21(2)3/h5-11,13,20H,4,12H2,1-3H3,(H,19,22). The van der Waals surface area contributed by atoms with Gasteiger partial charge in [0.2, 0.25) is 0 Å². The van der Waals surface area contributed by atoms with Gasteiger partial charge in [-0.15, -0.1) is 0 Å². The zero-order valence-corrected chi connectivity index (χ0v) is 15.4. The molecule has 0 heterocycles. The van der Waals surface area contributed by atoms with E-state index < -0.39 is 10.0 Å². The minimum Gasteiger partial charge on any atom is -0.378 e. The van der Waals surface area contributed by atoms with Crippen molar-refractivity contribution in [1.82, 2.24) is 5.32 Å². The number of hydrogen-bond donors (Lipinski definition) is 2. The van der Waals surface area contributed by atoms with E-state index in [1.807, 2.05) is 38.1 Å². The van der Waals surface area contributed by atoms with Gasteiger partial charge in [0.15, 0.2) is 0 Å². The molecular formula is C18H23N3O3S. The molecule has 2 aromatic rings. The van der Waals surface area contributed by atoms with Crippen molar-refractivity contribution in [2.45, 2.75) is 18.2 Å². The molecule has 2 rings (SSSR count). The predicted octanol–water partition coefficient (Wildman–Crippen LogP) is 2.69. The first kappa shape index (κ1) is 18.8. The monoisotopic (exact) mass is 361 g/mol. The third kappa shape index (κ3) is 4.96. The highest BCUT2D eigenvalue weighted by atomic mass is 32.2. The molecule has 0 radical (unpaired) electrons. The molecule has 0 aliphatic carbocycles.